The summed E-state index contributed by atoms with van der Waals surface area (Å²) in [4.78, 5) is 7.40. The van der Waals surface area contributed by atoms with Crippen LogP contribution in [0.25, 0.3) is 5.70 Å². The van der Waals surface area contributed by atoms with Crippen molar-refractivity contribution < 1.29 is 0 Å². The normalized spacial score (nSPS) is 11.1. The fraction of sp³-hybridized carbons (Fsp3) is 0. The van der Waals surface area contributed by atoms with E-state index in [4.69, 9.17) is 17.3 Å². The molecule has 0 heterocycles. The van der Waals surface area contributed by atoms with E-state index in [0.29, 0.717) is 16.4 Å². The summed E-state index contributed by atoms with van der Waals surface area (Å²) in [7, 11) is 0. The van der Waals surface area contributed by atoms with Crippen LogP contribution in [0.1, 0.15) is 5.56 Å². The van der Waals surface area contributed by atoms with Crippen molar-refractivity contribution in [3.8, 4) is 0 Å². The lowest BCUT2D eigenvalue weighted by molar-refractivity contribution is 1.47. The maximum absolute atomic E-state index is 5.97. The fourth-order valence-corrected chi connectivity index (χ4v) is 1.31. The van der Waals surface area contributed by atoms with E-state index in [0.717, 1.165) is 5.56 Å². The second-order valence-corrected chi connectivity index (χ2v) is 3.00. The van der Waals surface area contributed by atoms with Gasteiger partial charge in [0.15, 0.2) is 0 Å². The summed E-state index contributed by atoms with van der Waals surface area (Å²) in [6.07, 6.45) is 1.49. The van der Waals surface area contributed by atoms with Crippen LogP contribution in [-0.2, 0) is 0 Å². The second kappa shape index (κ2) is 4.58. The van der Waals surface area contributed by atoms with Crippen LogP contribution in [0.2, 0.25) is 5.02 Å². The van der Waals surface area contributed by atoms with Crippen LogP contribution in [0.5, 0.6) is 0 Å². The monoisotopic (exact) mass is 207 g/mol. The van der Waals surface area contributed by atoms with E-state index in [1.54, 1.807) is 18.2 Å². The Labute approximate surface area is 87.6 Å². The van der Waals surface area contributed by atoms with Crippen molar-refractivity contribution >= 4 is 36.4 Å². The molecule has 0 aliphatic rings. The molecule has 0 atom stereocenters. The first-order valence-corrected chi connectivity index (χ1v) is 4.25. The molecule has 1 aromatic rings. The molecule has 0 spiro atoms. The molecule has 3 nitrogen and oxygen atoms in total. The van der Waals surface area contributed by atoms with Crippen molar-refractivity contribution in [2.45, 2.75) is 0 Å². The summed E-state index contributed by atoms with van der Waals surface area (Å²) in [5.41, 5.74) is 7.48. The first-order valence-electron chi connectivity index (χ1n) is 3.87. The number of nitrogen functional groups attached to an aromatic ring is 1. The van der Waals surface area contributed by atoms with Gasteiger partial charge in [-0.25, -0.2) is 0 Å². The largest absolute Gasteiger partial charge is 0.399 e. The predicted molar refractivity (Wildman–Crippen MR) is 62.9 cm³/mol. The first-order chi connectivity index (χ1) is 6.69. The molecular weight excluding hydrogens is 198 g/mol. The fourth-order valence-electron chi connectivity index (χ4n) is 1.02. The summed E-state index contributed by atoms with van der Waals surface area (Å²) in [5, 5.41) is 0.521. The highest BCUT2D eigenvalue weighted by Crippen LogP contribution is 2.26. The van der Waals surface area contributed by atoms with Gasteiger partial charge in [-0.1, -0.05) is 11.6 Å². The van der Waals surface area contributed by atoms with Gasteiger partial charge in [0, 0.05) is 11.3 Å². The highest BCUT2D eigenvalue weighted by molar-refractivity contribution is 6.32. The van der Waals surface area contributed by atoms with Gasteiger partial charge in [0.25, 0.3) is 0 Å². The van der Waals surface area contributed by atoms with Crippen molar-refractivity contribution in [3.05, 3.63) is 35.0 Å². The number of nitrogens with zero attached hydrogens (tertiary/aromatic N) is 2. The first kappa shape index (κ1) is 10.5. The Balaban J connectivity index is 3.24. The van der Waals surface area contributed by atoms with E-state index in [9.17, 15) is 0 Å². The molecule has 14 heavy (non-hydrogen) atoms. The number of aliphatic imine (C=N–C) groups is 2. The maximum Gasteiger partial charge on any atom is 0.0891 e. The molecule has 0 bridgehead atoms. The van der Waals surface area contributed by atoms with Gasteiger partial charge in [0.05, 0.1) is 16.9 Å². The van der Waals surface area contributed by atoms with Gasteiger partial charge < -0.3 is 5.73 Å². The maximum atomic E-state index is 5.97. The Bertz CT molecular complexity index is 396. The topological polar surface area (TPSA) is 50.7 Å². The van der Waals surface area contributed by atoms with Crippen molar-refractivity contribution in [1.29, 1.82) is 0 Å². The second-order valence-electron chi connectivity index (χ2n) is 2.59. The molecule has 1 rings (SSSR count). The Kier molecular flexibility index (Phi) is 3.42. The van der Waals surface area contributed by atoms with Crippen LogP contribution < -0.4 is 5.73 Å². The number of benzene rings is 1. The zero-order valence-electron chi connectivity index (χ0n) is 7.57. The summed E-state index contributed by atoms with van der Waals surface area (Å²) in [6.45, 7) is 6.76. The molecule has 0 fully saturated rings. The molecule has 0 amide bonds. The highest BCUT2D eigenvalue weighted by atomic mass is 35.5. The van der Waals surface area contributed by atoms with Crippen LogP contribution in [-0.4, -0.2) is 13.4 Å². The van der Waals surface area contributed by atoms with E-state index in [-0.39, 0.29) is 0 Å². The molecule has 0 aliphatic carbocycles. The molecule has 72 valence electrons. The number of rotatable bonds is 3. The molecule has 0 saturated carbocycles. The number of anilines is 1. The molecule has 0 unspecified atom stereocenters. The van der Waals surface area contributed by atoms with E-state index < -0.39 is 0 Å². The Morgan fingerprint density at radius 1 is 1.43 bits per heavy atom. The number of hydrogen-bond acceptors (Lipinski definition) is 3. The van der Waals surface area contributed by atoms with E-state index in [2.05, 4.69) is 23.4 Å². The van der Waals surface area contributed by atoms with Gasteiger partial charge in [-0.2, -0.15) is 0 Å². The summed E-state index contributed by atoms with van der Waals surface area (Å²) < 4.78 is 0. The standard InChI is InChI=1S/C10H10ClN3/c1-13-6-10(14-2)8-4-3-7(12)5-9(8)11/h3-6H,1-2,12H2/b10-6-. The third kappa shape index (κ3) is 2.20. The Morgan fingerprint density at radius 3 is 2.64 bits per heavy atom. The highest BCUT2D eigenvalue weighted by Gasteiger charge is 2.04. The van der Waals surface area contributed by atoms with Crippen molar-refractivity contribution in [2.75, 3.05) is 5.73 Å². The molecule has 0 aliphatic heterocycles. The number of halogens is 1. The third-order valence-corrected chi connectivity index (χ3v) is 1.97. The van der Waals surface area contributed by atoms with Crippen LogP contribution in [0.15, 0.2) is 34.4 Å². The smallest absolute Gasteiger partial charge is 0.0891 e. The van der Waals surface area contributed by atoms with Crippen LogP contribution in [0.3, 0.4) is 0 Å². The van der Waals surface area contributed by atoms with E-state index in [1.807, 2.05) is 0 Å². The molecular formula is C10H10ClN3. The quantitative estimate of drug-likeness (QED) is 0.601. The zero-order valence-corrected chi connectivity index (χ0v) is 8.33. The summed E-state index contributed by atoms with van der Waals surface area (Å²) in [6, 6.07) is 5.16. The molecule has 1 aromatic carbocycles. The minimum Gasteiger partial charge on any atom is -0.399 e. The lowest BCUT2D eigenvalue weighted by Gasteiger charge is -2.04. The van der Waals surface area contributed by atoms with E-state index in [1.165, 1.54) is 6.20 Å². The molecule has 0 radical (unpaired) electrons. The van der Waals surface area contributed by atoms with Crippen molar-refractivity contribution in [2.24, 2.45) is 9.98 Å². The third-order valence-electron chi connectivity index (χ3n) is 1.65. The number of nitrogens with two attached hydrogens (primary N) is 1. The van der Waals surface area contributed by atoms with Gasteiger partial charge in [-0.05, 0) is 31.6 Å². The van der Waals surface area contributed by atoms with Gasteiger partial charge in [0.1, 0.15) is 0 Å². The zero-order chi connectivity index (χ0) is 10.6. The molecule has 2 N–H and O–H groups in total. The lowest BCUT2D eigenvalue weighted by Crippen LogP contribution is -1.87. The van der Waals surface area contributed by atoms with Gasteiger partial charge in [0.2, 0.25) is 0 Å². The molecule has 0 saturated heterocycles. The van der Waals surface area contributed by atoms with Crippen LogP contribution >= 0.6 is 11.6 Å². The SMILES string of the molecule is C=N/C=C(\N=C)c1ccc(N)cc1Cl. The number of hydrogen-bond donors (Lipinski definition) is 1. The van der Waals surface area contributed by atoms with Gasteiger partial charge in [-0.3, -0.25) is 9.98 Å². The Hall–Kier alpha value is -1.61. The van der Waals surface area contributed by atoms with Crippen LogP contribution in [0, 0.1) is 0 Å². The van der Waals surface area contributed by atoms with E-state index >= 15 is 0 Å². The van der Waals surface area contributed by atoms with Gasteiger partial charge in [-0.15, -0.1) is 0 Å². The minimum atomic E-state index is 0.521. The molecule has 4 heteroatoms. The lowest BCUT2D eigenvalue weighted by atomic mass is 10.1. The van der Waals surface area contributed by atoms with Gasteiger partial charge >= 0.3 is 0 Å². The molecule has 0 aromatic heterocycles. The average Bonchev–Trinajstić information content (AvgIpc) is 2.15. The predicted octanol–water partition coefficient (Wildman–Crippen LogP) is 2.62. The van der Waals surface area contributed by atoms with Crippen molar-refractivity contribution in [1.82, 2.24) is 0 Å². The van der Waals surface area contributed by atoms with Crippen molar-refractivity contribution in [3.63, 3.8) is 0 Å². The Morgan fingerprint density at radius 2 is 2.14 bits per heavy atom. The average molecular weight is 208 g/mol. The van der Waals surface area contributed by atoms with Crippen LogP contribution in [0.4, 0.5) is 5.69 Å². The minimum absolute atomic E-state index is 0.521. The summed E-state index contributed by atoms with van der Waals surface area (Å²) >= 11 is 5.97. The summed E-state index contributed by atoms with van der Waals surface area (Å²) in [5.74, 6) is 0.